The molecule has 4 rings (SSSR count). The Kier molecular flexibility index (Phi) is 6.96. The summed E-state index contributed by atoms with van der Waals surface area (Å²) in [4.78, 5) is 0.360. The first kappa shape index (κ1) is 24.0. The molecule has 3 aromatic carbocycles. The molecule has 1 aliphatic heterocycles. The van der Waals surface area contributed by atoms with Crippen molar-refractivity contribution in [1.29, 1.82) is 0 Å². The van der Waals surface area contributed by atoms with Gasteiger partial charge in [-0.1, -0.05) is 102 Å². The predicted octanol–water partition coefficient (Wildman–Crippen LogP) is 5.97. The van der Waals surface area contributed by atoms with Gasteiger partial charge in [-0.3, -0.25) is 0 Å². The molecule has 3 aromatic rings. The van der Waals surface area contributed by atoms with Gasteiger partial charge in [0.25, 0.3) is 0 Å². The summed E-state index contributed by atoms with van der Waals surface area (Å²) >= 11 is 6.07. The summed E-state index contributed by atoms with van der Waals surface area (Å²) in [5.41, 5.74) is 3.27. The lowest BCUT2D eigenvalue weighted by Crippen LogP contribution is -2.43. The van der Waals surface area contributed by atoms with Crippen LogP contribution in [0.15, 0.2) is 89.3 Å². The second kappa shape index (κ2) is 9.59. The van der Waals surface area contributed by atoms with E-state index in [-0.39, 0.29) is 5.92 Å². The molecule has 1 aliphatic rings. The molecular weight excluding hydrogens is 466 g/mol. The Balaban J connectivity index is 1.67. The number of nitrogens with zero attached hydrogens (tertiary/aromatic N) is 1. The number of rotatable bonds is 6. The number of halogens is 1. The van der Waals surface area contributed by atoms with Gasteiger partial charge >= 0.3 is 0 Å². The molecule has 1 unspecified atom stereocenters. The van der Waals surface area contributed by atoms with Crippen LogP contribution in [0, 0.1) is 12.8 Å². The van der Waals surface area contributed by atoms with E-state index >= 15 is 0 Å². The quantitative estimate of drug-likeness (QED) is 0.395. The molecule has 0 aliphatic carbocycles. The van der Waals surface area contributed by atoms with E-state index < -0.39 is 18.1 Å². The van der Waals surface area contributed by atoms with E-state index in [0.29, 0.717) is 23.0 Å². The fraction of sp³-hybridized carbons (Fsp3) is 0.259. The highest BCUT2D eigenvalue weighted by Crippen LogP contribution is 2.35. The van der Waals surface area contributed by atoms with E-state index in [1.165, 1.54) is 10.8 Å². The Hall–Kier alpha value is -2.18. The van der Waals surface area contributed by atoms with E-state index in [9.17, 15) is 8.42 Å². The molecule has 1 fully saturated rings. The van der Waals surface area contributed by atoms with Gasteiger partial charge in [0, 0.05) is 18.1 Å². The second-order valence-corrected chi connectivity index (χ2v) is 16.7. The molecule has 0 amide bonds. The first-order valence-corrected chi connectivity index (χ1v) is 16.3. The van der Waals surface area contributed by atoms with Gasteiger partial charge in [0.2, 0.25) is 10.0 Å². The van der Waals surface area contributed by atoms with Crippen LogP contribution in [-0.2, 0) is 10.0 Å². The van der Waals surface area contributed by atoms with E-state index in [1.807, 2.05) is 49.4 Å². The maximum Gasteiger partial charge on any atom is 0.243 e. The van der Waals surface area contributed by atoms with Crippen LogP contribution in [0.2, 0.25) is 24.2 Å². The van der Waals surface area contributed by atoms with E-state index in [4.69, 9.17) is 11.6 Å². The number of hydrogen-bond acceptors (Lipinski definition) is 2. The Morgan fingerprint density at radius 3 is 2.24 bits per heavy atom. The average molecular weight is 496 g/mol. The Morgan fingerprint density at radius 2 is 1.61 bits per heavy atom. The van der Waals surface area contributed by atoms with E-state index in [1.54, 1.807) is 16.4 Å². The summed E-state index contributed by atoms with van der Waals surface area (Å²) in [6.07, 6.45) is 2.15. The van der Waals surface area contributed by atoms with Crippen LogP contribution in [0.1, 0.15) is 11.1 Å². The van der Waals surface area contributed by atoms with Crippen LogP contribution in [0.3, 0.4) is 0 Å². The second-order valence-electron chi connectivity index (χ2n) is 9.53. The van der Waals surface area contributed by atoms with Crippen molar-refractivity contribution in [2.75, 3.05) is 13.1 Å². The maximum atomic E-state index is 13.5. The minimum atomic E-state index is -3.55. The van der Waals surface area contributed by atoms with Gasteiger partial charge in [0.05, 0.1) is 13.0 Å². The van der Waals surface area contributed by atoms with Crippen molar-refractivity contribution in [2.24, 2.45) is 5.92 Å². The van der Waals surface area contributed by atoms with Crippen molar-refractivity contribution < 1.29 is 8.42 Å². The van der Waals surface area contributed by atoms with Gasteiger partial charge < -0.3 is 0 Å². The van der Waals surface area contributed by atoms with Crippen molar-refractivity contribution in [2.45, 2.75) is 31.0 Å². The molecule has 0 saturated carbocycles. The summed E-state index contributed by atoms with van der Waals surface area (Å²) in [5, 5.41) is 2.09. The first-order valence-electron chi connectivity index (χ1n) is 11.2. The highest BCUT2D eigenvalue weighted by Gasteiger charge is 2.39. The van der Waals surface area contributed by atoms with E-state index in [2.05, 4.69) is 43.4 Å². The minimum Gasteiger partial charge on any atom is -0.207 e. The molecule has 0 aromatic heterocycles. The molecule has 3 nitrogen and oxygen atoms in total. The number of hydrogen-bond donors (Lipinski definition) is 0. The Morgan fingerprint density at radius 1 is 0.970 bits per heavy atom. The van der Waals surface area contributed by atoms with Gasteiger partial charge in [-0.05, 0) is 48.7 Å². The number of benzene rings is 3. The monoisotopic (exact) mass is 495 g/mol. The lowest BCUT2D eigenvalue weighted by atomic mass is 10.0. The molecule has 0 bridgehead atoms. The normalized spacial score (nSPS) is 18.7. The highest BCUT2D eigenvalue weighted by atomic mass is 35.5. The van der Waals surface area contributed by atoms with Crippen molar-refractivity contribution in [3.63, 3.8) is 0 Å². The smallest absolute Gasteiger partial charge is 0.207 e. The third-order valence-corrected chi connectivity index (χ3v) is 12.0. The molecule has 33 heavy (non-hydrogen) atoms. The van der Waals surface area contributed by atoms with Crippen LogP contribution in [-0.4, -0.2) is 33.9 Å². The SMILES string of the molecule is Cc1ccc(S(=O)(=O)N2C/C(=C/c3ccc(Cl)cc3)C(C[Si](C)(C)c3ccccc3)C2)cc1. The summed E-state index contributed by atoms with van der Waals surface area (Å²) in [6.45, 7) is 7.64. The van der Waals surface area contributed by atoms with Crippen molar-refractivity contribution in [3.05, 3.63) is 101 Å². The molecular formula is C27H30ClNO2SSi. The molecule has 0 N–H and O–H groups in total. The van der Waals surface area contributed by atoms with Crippen molar-refractivity contribution >= 4 is 41.0 Å². The molecule has 0 radical (unpaired) electrons. The fourth-order valence-corrected chi connectivity index (χ4v) is 9.11. The summed E-state index contributed by atoms with van der Waals surface area (Å²) in [7, 11) is -5.32. The third-order valence-electron chi connectivity index (χ3n) is 6.50. The van der Waals surface area contributed by atoms with Crippen molar-refractivity contribution in [3.8, 4) is 0 Å². The molecule has 1 atom stereocenters. The summed E-state index contributed by atoms with van der Waals surface area (Å²) in [5.74, 6) is 0.183. The van der Waals surface area contributed by atoms with Gasteiger partial charge in [-0.25, -0.2) is 8.42 Å². The summed E-state index contributed by atoms with van der Waals surface area (Å²) < 4.78 is 28.6. The van der Waals surface area contributed by atoms with Crippen LogP contribution in [0.5, 0.6) is 0 Å². The molecule has 1 saturated heterocycles. The lowest BCUT2D eigenvalue weighted by molar-refractivity contribution is 0.464. The van der Waals surface area contributed by atoms with Crippen LogP contribution < -0.4 is 5.19 Å². The zero-order valence-corrected chi connectivity index (χ0v) is 21.9. The standard InChI is InChI=1S/C27H30ClNO2SSi/c1-21-9-15-26(16-10-21)32(30,31)29-18-23(17-22-11-13-25(28)14-12-22)24(19-29)20-33(2,3)27-7-5-4-6-8-27/h4-17,24H,18-20H2,1-3H3/b23-17-. The zero-order chi connectivity index (χ0) is 23.6. The van der Waals surface area contributed by atoms with Crippen molar-refractivity contribution in [1.82, 2.24) is 4.31 Å². The zero-order valence-electron chi connectivity index (χ0n) is 19.3. The molecule has 6 heteroatoms. The third kappa shape index (κ3) is 5.49. The van der Waals surface area contributed by atoms with Gasteiger partial charge in [0.15, 0.2) is 0 Å². The van der Waals surface area contributed by atoms with Crippen LogP contribution in [0.4, 0.5) is 0 Å². The number of sulfonamides is 1. The maximum absolute atomic E-state index is 13.5. The molecule has 172 valence electrons. The van der Waals surface area contributed by atoms with Crippen LogP contribution >= 0.6 is 11.6 Å². The highest BCUT2D eigenvalue weighted by molar-refractivity contribution is 7.89. The Bertz CT molecular complexity index is 1240. The topological polar surface area (TPSA) is 37.4 Å². The number of aryl methyl sites for hydroxylation is 1. The van der Waals surface area contributed by atoms with Gasteiger partial charge in [-0.2, -0.15) is 4.31 Å². The minimum absolute atomic E-state index is 0.183. The Labute approximate surface area is 203 Å². The summed E-state index contributed by atoms with van der Waals surface area (Å²) in [6, 6.07) is 26.5. The fourth-order valence-electron chi connectivity index (χ4n) is 4.56. The van der Waals surface area contributed by atoms with Crippen LogP contribution in [0.25, 0.3) is 6.08 Å². The largest absolute Gasteiger partial charge is 0.243 e. The van der Waals surface area contributed by atoms with Gasteiger partial charge in [0.1, 0.15) is 0 Å². The van der Waals surface area contributed by atoms with Gasteiger partial charge in [-0.15, -0.1) is 0 Å². The average Bonchev–Trinajstić information content (AvgIpc) is 3.18. The van der Waals surface area contributed by atoms with E-state index in [0.717, 1.165) is 17.2 Å². The molecule has 1 heterocycles. The lowest BCUT2D eigenvalue weighted by Gasteiger charge is -2.27. The predicted molar refractivity (Wildman–Crippen MR) is 141 cm³/mol. The molecule has 0 spiro atoms. The first-order chi connectivity index (χ1) is 15.6.